The molecule has 0 aromatic heterocycles. The standard InChI is InChI=1S/C13H25N3O/c1-6-13(17)15-7-8-16(11(2)3)12(10-15)9-14(4)5/h6,11-12H,1,7-10H2,2-5H3. The minimum atomic E-state index is 0.0529. The first kappa shape index (κ1) is 14.2. The zero-order chi connectivity index (χ0) is 13.0. The smallest absolute Gasteiger partial charge is 0.246 e. The van der Waals surface area contributed by atoms with Gasteiger partial charge in [-0.05, 0) is 34.0 Å². The van der Waals surface area contributed by atoms with E-state index in [2.05, 4.69) is 44.3 Å². The van der Waals surface area contributed by atoms with Crippen LogP contribution < -0.4 is 0 Å². The second-order valence-corrected chi connectivity index (χ2v) is 5.24. The maximum Gasteiger partial charge on any atom is 0.246 e. The van der Waals surface area contributed by atoms with Gasteiger partial charge in [0.1, 0.15) is 0 Å². The van der Waals surface area contributed by atoms with Crippen LogP contribution in [0.5, 0.6) is 0 Å². The second-order valence-electron chi connectivity index (χ2n) is 5.24. The maximum atomic E-state index is 11.7. The minimum absolute atomic E-state index is 0.0529. The lowest BCUT2D eigenvalue weighted by Gasteiger charge is -2.44. The van der Waals surface area contributed by atoms with E-state index < -0.39 is 0 Å². The van der Waals surface area contributed by atoms with Crippen LogP contribution in [0.3, 0.4) is 0 Å². The van der Waals surface area contributed by atoms with E-state index in [4.69, 9.17) is 0 Å². The van der Waals surface area contributed by atoms with Crippen molar-refractivity contribution in [2.24, 2.45) is 0 Å². The number of hydrogen-bond donors (Lipinski definition) is 0. The molecule has 0 spiro atoms. The van der Waals surface area contributed by atoms with Gasteiger partial charge in [0, 0.05) is 38.3 Å². The molecule has 0 saturated carbocycles. The van der Waals surface area contributed by atoms with Crippen LogP contribution in [0.15, 0.2) is 12.7 Å². The molecule has 1 aliphatic heterocycles. The van der Waals surface area contributed by atoms with Gasteiger partial charge in [-0.15, -0.1) is 0 Å². The molecule has 17 heavy (non-hydrogen) atoms. The van der Waals surface area contributed by atoms with Crippen molar-refractivity contribution >= 4 is 5.91 Å². The Bertz CT molecular complexity index is 276. The summed E-state index contributed by atoms with van der Waals surface area (Å²) in [5.74, 6) is 0.0529. The highest BCUT2D eigenvalue weighted by Crippen LogP contribution is 2.14. The summed E-state index contributed by atoms with van der Waals surface area (Å²) in [4.78, 5) is 18.2. The average Bonchev–Trinajstić information content (AvgIpc) is 2.26. The highest BCUT2D eigenvalue weighted by Gasteiger charge is 2.30. The van der Waals surface area contributed by atoms with Gasteiger partial charge in [-0.25, -0.2) is 0 Å². The predicted octanol–water partition coefficient (Wildman–Crippen LogP) is 0.655. The summed E-state index contributed by atoms with van der Waals surface area (Å²) in [5.41, 5.74) is 0. The van der Waals surface area contributed by atoms with Gasteiger partial charge in [-0.1, -0.05) is 6.58 Å². The molecule has 0 bridgehead atoms. The van der Waals surface area contributed by atoms with Crippen LogP contribution in [0, 0.1) is 0 Å². The molecule has 0 N–H and O–H groups in total. The summed E-state index contributed by atoms with van der Waals surface area (Å²) < 4.78 is 0. The van der Waals surface area contributed by atoms with Crippen molar-refractivity contribution in [1.82, 2.24) is 14.7 Å². The van der Waals surface area contributed by atoms with E-state index in [-0.39, 0.29) is 5.91 Å². The number of hydrogen-bond acceptors (Lipinski definition) is 3. The topological polar surface area (TPSA) is 26.8 Å². The Kier molecular flexibility index (Phi) is 5.15. The van der Waals surface area contributed by atoms with Crippen molar-refractivity contribution in [3.8, 4) is 0 Å². The molecule has 1 aliphatic rings. The van der Waals surface area contributed by atoms with Gasteiger partial charge in [0.25, 0.3) is 0 Å². The molecule has 0 aromatic rings. The molecule has 1 fully saturated rings. The van der Waals surface area contributed by atoms with Gasteiger partial charge >= 0.3 is 0 Å². The fourth-order valence-electron chi connectivity index (χ4n) is 2.46. The first-order valence-corrected chi connectivity index (χ1v) is 6.27. The molecule has 1 rings (SSSR count). The Labute approximate surface area is 105 Å². The van der Waals surface area contributed by atoms with Gasteiger partial charge in [0.2, 0.25) is 5.91 Å². The zero-order valence-electron chi connectivity index (χ0n) is 11.5. The highest BCUT2D eigenvalue weighted by atomic mass is 16.2. The fourth-order valence-corrected chi connectivity index (χ4v) is 2.46. The van der Waals surface area contributed by atoms with Crippen LogP contribution >= 0.6 is 0 Å². The summed E-state index contributed by atoms with van der Waals surface area (Å²) >= 11 is 0. The number of amides is 1. The molecular weight excluding hydrogens is 214 g/mol. The second kappa shape index (κ2) is 6.17. The van der Waals surface area contributed by atoms with Crippen molar-refractivity contribution < 1.29 is 4.79 Å². The van der Waals surface area contributed by atoms with Crippen LogP contribution in [0.2, 0.25) is 0 Å². The van der Waals surface area contributed by atoms with Crippen molar-refractivity contribution in [2.45, 2.75) is 25.9 Å². The first-order chi connectivity index (χ1) is 7.95. The summed E-state index contributed by atoms with van der Waals surface area (Å²) in [7, 11) is 4.15. The Balaban J connectivity index is 2.69. The molecule has 0 aliphatic carbocycles. The molecule has 1 amide bonds. The van der Waals surface area contributed by atoms with Crippen molar-refractivity contribution in [3.63, 3.8) is 0 Å². The van der Waals surface area contributed by atoms with E-state index in [1.165, 1.54) is 6.08 Å². The lowest BCUT2D eigenvalue weighted by Crippen LogP contribution is -2.59. The summed E-state index contributed by atoms with van der Waals surface area (Å²) in [5, 5.41) is 0. The van der Waals surface area contributed by atoms with Crippen LogP contribution in [0.4, 0.5) is 0 Å². The molecule has 4 nitrogen and oxygen atoms in total. The van der Waals surface area contributed by atoms with Gasteiger partial charge in [0.15, 0.2) is 0 Å². The van der Waals surface area contributed by atoms with Crippen LogP contribution in [-0.2, 0) is 4.79 Å². The van der Waals surface area contributed by atoms with E-state index in [1.807, 2.05) is 4.90 Å². The minimum Gasteiger partial charge on any atom is -0.336 e. The third kappa shape index (κ3) is 3.82. The van der Waals surface area contributed by atoms with E-state index in [1.54, 1.807) is 0 Å². The van der Waals surface area contributed by atoms with Crippen molar-refractivity contribution in [3.05, 3.63) is 12.7 Å². The van der Waals surface area contributed by atoms with Gasteiger partial charge in [-0.2, -0.15) is 0 Å². The van der Waals surface area contributed by atoms with E-state index in [0.29, 0.717) is 12.1 Å². The van der Waals surface area contributed by atoms with E-state index in [9.17, 15) is 4.79 Å². The lowest BCUT2D eigenvalue weighted by atomic mass is 10.1. The molecular formula is C13H25N3O. The molecule has 0 radical (unpaired) electrons. The number of carbonyl (C=O) groups excluding carboxylic acids is 1. The Morgan fingerprint density at radius 2 is 2.12 bits per heavy atom. The van der Waals surface area contributed by atoms with Gasteiger partial charge < -0.3 is 9.80 Å². The SMILES string of the molecule is C=CC(=O)N1CCN(C(C)C)C(CN(C)C)C1. The van der Waals surface area contributed by atoms with Crippen molar-refractivity contribution in [2.75, 3.05) is 40.3 Å². The average molecular weight is 239 g/mol. The molecule has 1 saturated heterocycles. The van der Waals surface area contributed by atoms with Crippen LogP contribution in [0.1, 0.15) is 13.8 Å². The first-order valence-electron chi connectivity index (χ1n) is 6.27. The Morgan fingerprint density at radius 1 is 1.47 bits per heavy atom. The number of carbonyl (C=O) groups is 1. The van der Waals surface area contributed by atoms with Gasteiger partial charge in [0.05, 0.1) is 0 Å². The number of nitrogens with zero attached hydrogens (tertiary/aromatic N) is 3. The quantitative estimate of drug-likeness (QED) is 0.674. The molecule has 1 unspecified atom stereocenters. The third-order valence-electron chi connectivity index (χ3n) is 3.25. The third-order valence-corrected chi connectivity index (χ3v) is 3.25. The van der Waals surface area contributed by atoms with E-state index >= 15 is 0 Å². The highest BCUT2D eigenvalue weighted by molar-refractivity contribution is 5.87. The Hall–Kier alpha value is -0.870. The monoisotopic (exact) mass is 239 g/mol. The lowest BCUT2D eigenvalue weighted by molar-refractivity contribution is -0.129. The Morgan fingerprint density at radius 3 is 2.59 bits per heavy atom. The van der Waals surface area contributed by atoms with Crippen LogP contribution in [0.25, 0.3) is 0 Å². The van der Waals surface area contributed by atoms with Gasteiger partial charge in [-0.3, -0.25) is 9.69 Å². The molecule has 4 heteroatoms. The normalized spacial score (nSPS) is 22.2. The number of rotatable bonds is 4. The molecule has 0 aromatic carbocycles. The van der Waals surface area contributed by atoms with Crippen LogP contribution in [-0.4, -0.2) is 73.0 Å². The number of likely N-dealkylation sites (N-methyl/N-ethyl adjacent to an activating group) is 1. The summed E-state index contributed by atoms with van der Waals surface area (Å²) in [6.45, 7) is 11.6. The molecule has 98 valence electrons. The zero-order valence-corrected chi connectivity index (χ0v) is 11.5. The predicted molar refractivity (Wildman–Crippen MR) is 71.0 cm³/mol. The van der Waals surface area contributed by atoms with Crippen molar-refractivity contribution in [1.29, 1.82) is 0 Å². The largest absolute Gasteiger partial charge is 0.336 e. The molecule has 1 atom stereocenters. The number of piperazine rings is 1. The summed E-state index contributed by atoms with van der Waals surface area (Å²) in [6, 6.07) is 0.948. The molecule has 1 heterocycles. The fraction of sp³-hybridized carbons (Fsp3) is 0.769. The maximum absolute atomic E-state index is 11.7. The van der Waals surface area contributed by atoms with E-state index in [0.717, 1.165) is 26.2 Å². The summed E-state index contributed by atoms with van der Waals surface area (Å²) in [6.07, 6.45) is 1.41.